The summed E-state index contributed by atoms with van der Waals surface area (Å²) in [6.45, 7) is 1.34. The number of benzene rings is 2. The van der Waals surface area contributed by atoms with Crippen LogP contribution in [-0.4, -0.2) is 27.8 Å². The van der Waals surface area contributed by atoms with Crippen LogP contribution in [0.1, 0.15) is 17.4 Å². The van der Waals surface area contributed by atoms with Crippen LogP contribution < -0.4 is 10.9 Å². The number of rotatable bonds is 4. The normalized spacial score (nSPS) is 11.9. The summed E-state index contributed by atoms with van der Waals surface area (Å²) in [5.41, 5.74) is -0.561. The molecule has 7 nitrogen and oxygen atoms in total. The fourth-order valence-electron chi connectivity index (χ4n) is 2.55. The number of nitrogens with one attached hydrogen (secondary N) is 1. The number of carbonyl (C=O) groups is 2. The summed E-state index contributed by atoms with van der Waals surface area (Å²) in [6.07, 6.45) is -1.24. The van der Waals surface area contributed by atoms with E-state index in [1.807, 2.05) is 0 Å². The Morgan fingerprint density at radius 1 is 1.21 bits per heavy atom. The summed E-state index contributed by atoms with van der Waals surface area (Å²) < 4.78 is 20.0. The van der Waals surface area contributed by atoms with Gasteiger partial charge in [0.25, 0.3) is 11.5 Å². The largest absolute Gasteiger partial charge is 0.448 e. The van der Waals surface area contributed by atoms with Gasteiger partial charge in [0, 0.05) is 17.5 Å². The number of nitrogens with zero attached hydrogens (tertiary/aromatic N) is 2. The van der Waals surface area contributed by atoms with E-state index >= 15 is 0 Å². The highest BCUT2D eigenvalue weighted by Gasteiger charge is 2.23. The van der Waals surface area contributed by atoms with E-state index in [4.69, 9.17) is 16.3 Å². The molecule has 3 aromatic rings. The molecule has 9 heteroatoms. The minimum absolute atomic E-state index is 0.0945. The Morgan fingerprint density at radius 3 is 2.57 bits per heavy atom. The number of esters is 1. The Morgan fingerprint density at radius 2 is 1.89 bits per heavy atom. The zero-order valence-corrected chi connectivity index (χ0v) is 15.7. The van der Waals surface area contributed by atoms with Gasteiger partial charge in [-0.1, -0.05) is 29.8 Å². The molecular formula is C19H15ClFN3O4. The first-order valence-electron chi connectivity index (χ1n) is 8.21. The first kappa shape index (κ1) is 19.5. The van der Waals surface area contributed by atoms with E-state index in [9.17, 15) is 18.8 Å². The van der Waals surface area contributed by atoms with Crippen molar-refractivity contribution in [2.45, 2.75) is 13.0 Å². The van der Waals surface area contributed by atoms with Crippen molar-refractivity contribution >= 4 is 39.9 Å². The predicted molar refractivity (Wildman–Crippen MR) is 102 cm³/mol. The third kappa shape index (κ3) is 3.86. The molecule has 0 bridgehead atoms. The SMILES string of the molecule is C[C@H](OC(=O)c1nn(C)c(=O)c2ccccc12)C(=O)Nc1ccc(Cl)cc1F. The molecule has 0 aliphatic carbocycles. The Bertz CT molecular complexity index is 1150. The minimum Gasteiger partial charge on any atom is -0.448 e. The van der Waals surface area contributed by atoms with Gasteiger partial charge in [-0.2, -0.15) is 5.10 Å². The van der Waals surface area contributed by atoms with Gasteiger partial charge in [0.2, 0.25) is 0 Å². The third-order valence-electron chi connectivity index (χ3n) is 3.99. The number of fused-ring (bicyclic) bond motifs is 1. The summed E-state index contributed by atoms with van der Waals surface area (Å²) in [5, 5.41) is 7.06. The van der Waals surface area contributed by atoms with Gasteiger partial charge in [-0.15, -0.1) is 0 Å². The number of halogens is 2. The van der Waals surface area contributed by atoms with E-state index in [0.29, 0.717) is 10.8 Å². The zero-order chi connectivity index (χ0) is 20.4. The van der Waals surface area contributed by atoms with Crippen LogP contribution in [-0.2, 0) is 16.6 Å². The maximum Gasteiger partial charge on any atom is 0.360 e. The van der Waals surface area contributed by atoms with E-state index in [2.05, 4.69) is 10.4 Å². The quantitative estimate of drug-likeness (QED) is 0.676. The number of carbonyl (C=O) groups excluding carboxylic acids is 2. The highest BCUT2D eigenvalue weighted by Crippen LogP contribution is 2.20. The fourth-order valence-corrected chi connectivity index (χ4v) is 2.70. The van der Waals surface area contributed by atoms with Crippen LogP contribution in [0.4, 0.5) is 10.1 Å². The van der Waals surface area contributed by atoms with Crippen LogP contribution in [0.2, 0.25) is 5.02 Å². The maximum absolute atomic E-state index is 13.8. The summed E-state index contributed by atoms with van der Waals surface area (Å²) in [4.78, 5) is 36.9. The highest BCUT2D eigenvalue weighted by molar-refractivity contribution is 6.30. The summed E-state index contributed by atoms with van der Waals surface area (Å²) in [6, 6.07) is 10.2. The van der Waals surface area contributed by atoms with Crippen molar-refractivity contribution in [2.24, 2.45) is 7.05 Å². The van der Waals surface area contributed by atoms with Gasteiger partial charge in [-0.3, -0.25) is 9.59 Å². The third-order valence-corrected chi connectivity index (χ3v) is 4.23. The summed E-state index contributed by atoms with van der Waals surface area (Å²) >= 11 is 5.67. The molecule has 0 saturated heterocycles. The lowest BCUT2D eigenvalue weighted by Gasteiger charge is -2.14. The summed E-state index contributed by atoms with van der Waals surface area (Å²) in [7, 11) is 1.41. The Labute approximate surface area is 163 Å². The van der Waals surface area contributed by atoms with Crippen molar-refractivity contribution in [1.82, 2.24) is 9.78 Å². The number of hydrogen-bond acceptors (Lipinski definition) is 5. The maximum atomic E-state index is 13.8. The first-order chi connectivity index (χ1) is 13.3. The van der Waals surface area contributed by atoms with E-state index in [-0.39, 0.29) is 22.0 Å². The van der Waals surface area contributed by atoms with Gasteiger partial charge >= 0.3 is 5.97 Å². The molecule has 1 aromatic heterocycles. The number of aryl methyl sites for hydroxylation is 1. The van der Waals surface area contributed by atoms with Crippen LogP contribution in [0.25, 0.3) is 10.8 Å². The van der Waals surface area contributed by atoms with Crippen molar-refractivity contribution in [2.75, 3.05) is 5.32 Å². The predicted octanol–water partition coefficient (Wildman–Crippen LogP) is 2.91. The molecule has 0 saturated carbocycles. The van der Waals surface area contributed by atoms with Gasteiger partial charge in [-0.05, 0) is 31.2 Å². The Hall–Kier alpha value is -3.26. The van der Waals surface area contributed by atoms with Gasteiger partial charge < -0.3 is 10.1 Å². The molecule has 0 spiro atoms. The van der Waals surface area contributed by atoms with Gasteiger partial charge in [0.15, 0.2) is 11.8 Å². The van der Waals surface area contributed by atoms with Crippen molar-refractivity contribution < 1.29 is 18.7 Å². The highest BCUT2D eigenvalue weighted by atomic mass is 35.5. The van der Waals surface area contributed by atoms with Gasteiger partial charge in [-0.25, -0.2) is 13.9 Å². The molecule has 3 rings (SSSR count). The lowest BCUT2D eigenvalue weighted by atomic mass is 10.1. The summed E-state index contributed by atoms with van der Waals surface area (Å²) in [5.74, 6) is -2.33. The average Bonchev–Trinajstić information content (AvgIpc) is 2.66. The lowest BCUT2D eigenvalue weighted by molar-refractivity contribution is -0.123. The average molecular weight is 404 g/mol. The second-order valence-electron chi connectivity index (χ2n) is 5.98. The van der Waals surface area contributed by atoms with E-state index < -0.39 is 23.8 Å². The Balaban J connectivity index is 1.81. The van der Waals surface area contributed by atoms with Crippen molar-refractivity contribution in [3.05, 3.63) is 69.4 Å². The molecule has 1 amide bonds. The van der Waals surface area contributed by atoms with Crippen LogP contribution in [0.5, 0.6) is 0 Å². The molecule has 0 fully saturated rings. The standard InChI is InChI=1S/C19H15ClFN3O4/c1-10(17(25)22-15-8-7-11(20)9-14(15)21)28-19(27)16-12-5-3-4-6-13(12)18(26)24(2)23-16/h3-10H,1-2H3,(H,22,25)/t10-/m0/s1. The van der Waals surface area contributed by atoms with Crippen LogP contribution in [0.3, 0.4) is 0 Å². The van der Waals surface area contributed by atoms with E-state index in [1.165, 1.54) is 26.1 Å². The smallest absolute Gasteiger partial charge is 0.360 e. The van der Waals surface area contributed by atoms with E-state index in [0.717, 1.165) is 10.7 Å². The molecule has 1 N–H and O–H groups in total. The number of ether oxygens (including phenoxy) is 1. The van der Waals surface area contributed by atoms with Crippen molar-refractivity contribution in [3.63, 3.8) is 0 Å². The second-order valence-corrected chi connectivity index (χ2v) is 6.42. The molecule has 1 heterocycles. The topological polar surface area (TPSA) is 90.3 Å². The number of anilines is 1. The second kappa shape index (κ2) is 7.77. The molecule has 1 atom stereocenters. The Kier molecular flexibility index (Phi) is 5.41. The number of aromatic nitrogens is 2. The molecule has 144 valence electrons. The number of hydrogen-bond donors (Lipinski definition) is 1. The van der Waals surface area contributed by atoms with Crippen molar-refractivity contribution in [3.8, 4) is 0 Å². The van der Waals surface area contributed by atoms with Crippen LogP contribution in [0.15, 0.2) is 47.3 Å². The van der Waals surface area contributed by atoms with Gasteiger partial charge in [0.1, 0.15) is 5.82 Å². The van der Waals surface area contributed by atoms with Gasteiger partial charge in [0.05, 0.1) is 11.1 Å². The molecule has 2 aromatic carbocycles. The zero-order valence-electron chi connectivity index (χ0n) is 14.9. The van der Waals surface area contributed by atoms with E-state index in [1.54, 1.807) is 24.3 Å². The molecule has 0 aliphatic heterocycles. The monoisotopic (exact) mass is 403 g/mol. The van der Waals surface area contributed by atoms with Crippen molar-refractivity contribution in [1.29, 1.82) is 0 Å². The molecule has 0 unspecified atom stereocenters. The van der Waals surface area contributed by atoms with Crippen LogP contribution >= 0.6 is 11.6 Å². The minimum atomic E-state index is -1.24. The number of amides is 1. The molecular weight excluding hydrogens is 389 g/mol. The van der Waals surface area contributed by atoms with Crippen LogP contribution in [0, 0.1) is 5.82 Å². The molecule has 0 radical (unpaired) electrons. The lowest BCUT2D eigenvalue weighted by Crippen LogP contribution is -2.31. The fraction of sp³-hybridized carbons (Fsp3) is 0.158. The molecule has 0 aliphatic rings. The molecule has 28 heavy (non-hydrogen) atoms. The first-order valence-corrected chi connectivity index (χ1v) is 8.58.